The number of aliphatic hydroxyl groups excluding tert-OH is 3. The number of carbonyl (C=O) groups is 2. The van der Waals surface area contributed by atoms with E-state index in [0.29, 0.717) is 19.3 Å². The van der Waals surface area contributed by atoms with Crippen molar-refractivity contribution in [2.24, 2.45) is 23.7 Å². The molecule has 49 heavy (non-hydrogen) atoms. The summed E-state index contributed by atoms with van der Waals surface area (Å²) in [6, 6.07) is 0. The van der Waals surface area contributed by atoms with Crippen molar-refractivity contribution in [1.82, 2.24) is 0 Å². The van der Waals surface area contributed by atoms with E-state index in [4.69, 9.17) is 33.2 Å². The molecular formula is C36H60O13. The first-order chi connectivity index (χ1) is 23.0. The second kappa shape index (κ2) is 18.6. The van der Waals surface area contributed by atoms with Crippen LogP contribution in [0.15, 0.2) is 24.3 Å². The summed E-state index contributed by atoms with van der Waals surface area (Å²) in [6.07, 6.45) is -1.47. The minimum Gasteiger partial charge on any atom is -0.459 e. The molecule has 0 spiro atoms. The Hall–Kier alpha value is -1.78. The summed E-state index contributed by atoms with van der Waals surface area (Å²) in [5.74, 6) is -1.82. The van der Waals surface area contributed by atoms with Crippen LogP contribution in [0, 0.1) is 23.7 Å². The SMILES string of the molecule is CO[C@@H]1[C@H](O)[C@@H](C)O[C@@H](OC[C@H]2/C=C/CCC(=O)[C@H](C)C[C@H](C)[C@H](O[C@@H]3O[C@H](C)C[C@](O)([C@H](C)O)[C@H]3O)[C@@H](C)/C=C/C(=O)O[C@@H]2C)[C@@H]1OC. The Bertz CT molecular complexity index is 1110. The molecule has 0 radical (unpaired) electrons. The van der Waals surface area contributed by atoms with Crippen LogP contribution >= 0.6 is 0 Å². The lowest BCUT2D eigenvalue weighted by atomic mass is 9.82. The van der Waals surface area contributed by atoms with Gasteiger partial charge in [0.2, 0.25) is 0 Å². The van der Waals surface area contributed by atoms with Gasteiger partial charge in [-0.2, -0.15) is 0 Å². The van der Waals surface area contributed by atoms with Crippen LogP contribution in [0.4, 0.5) is 0 Å². The quantitative estimate of drug-likeness (QED) is 0.215. The van der Waals surface area contributed by atoms with E-state index < -0.39 is 90.9 Å². The zero-order valence-corrected chi connectivity index (χ0v) is 30.5. The predicted octanol–water partition coefficient (Wildman–Crippen LogP) is 2.45. The second-order valence-corrected chi connectivity index (χ2v) is 14.2. The third-order valence-corrected chi connectivity index (χ3v) is 10.3. The number of ether oxygens (including phenoxy) is 7. The molecule has 0 aromatic carbocycles. The molecule has 0 amide bonds. The van der Waals surface area contributed by atoms with Gasteiger partial charge in [0.05, 0.1) is 31.0 Å². The van der Waals surface area contributed by atoms with Crippen LogP contribution in [-0.4, -0.2) is 126 Å². The van der Waals surface area contributed by atoms with Crippen molar-refractivity contribution in [2.45, 2.75) is 147 Å². The molecule has 0 bridgehead atoms. The summed E-state index contributed by atoms with van der Waals surface area (Å²) in [5, 5.41) is 42.9. The Morgan fingerprint density at radius 3 is 2.24 bits per heavy atom. The molecule has 3 heterocycles. The maximum atomic E-state index is 13.2. The standard InChI is InChI=1S/C36H60O13/c1-19-14-15-28(39)47-23(5)26(18-45-34-32(44-9)31(43-8)29(40)24(6)48-34)12-10-11-13-27(38)20(2)16-21(3)30(19)49-35-33(41)36(42,25(7)37)17-22(4)46-35/h10,12,14-15,19-26,29-35,37,40-42H,11,13,16-18H2,1-9H3/b12-10+,15-14+/t19-,20+,21-,22+,23+,24+,25-,26+,29+,30+,31+,32+,33-,34+,35-,36-/m0/s1. The van der Waals surface area contributed by atoms with Crippen molar-refractivity contribution < 1.29 is 63.2 Å². The molecule has 2 fully saturated rings. The van der Waals surface area contributed by atoms with Crippen molar-refractivity contribution in [3.8, 4) is 0 Å². The third kappa shape index (κ3) is 10.6. The molecule has 0 unspecified atom stereocenters. The van der Waals surface area contributed by atoms with Crippen molar-refractivity contribution >= 4 is 11.8 Å². The summed E-state index contributed by atoms with van der Waals surface area (Å²) in [6.45, 7) is 12.4. The monoisotopic (exact) mass is 700 g/mol. The van der Waals surface area contributed by atoms with E-state index in [-0.39, 0.29) is 30.6 Å². The topological polar surface area (TPSA) is 180 Å². The lowest BCUT2D eigenvalue weighted by Crippen LogP contribution is -2.63. The molecule has 3 aliphatic heterocycles. The molecule has 0 aromatic rings. The highest BCUT2D eigenvalue weighted by Crippen LogP contribution is 2.36. The molecule has 16 atom stereocenters. The number of allylic oxidation sites excluding steroid dienone is 1. The summed E-state index contributed by atoms with van der Waals surface area (Å²) in [7, 11) is 2.97. The molecule has 0 saturated carbocycles. The number of cyclic esters (lactones) is 1. The Balaban J connectivity index is 1.81. The van der Waals surface area contributed by atoms with E-state index in [1.165, 1.54) is 27.2 Å². The van der Waals surface area contributed by atoms with Gasteiger partial charge in [-0.05, 0) is 46.5 Å². The van der Waals surface area contributed by atoms with Gasteiger partial charge in [0.25, 0.3) is 0 Å². The average molecular weight is 701 g/mol. The lowest BCUT2D eigenvalue weighted by molar-refractivity contribution is -0.322. The highest BCUT2D eigenvalue weighted by atomic mass is 16.7. The molecule has 0 aromatic heterocycles. The van der Waals surface area contributed by atoms with Gasteiger partial charge >= 0.3 is 5.97 Å². The van der Waals surface area contributed by atoms with Gasteiger partial charge in [-0.3, -0.25) is 4.79 Å². The van der Waals surface area contributed by atoms with Gasteiger partial charge < -0.3 is 53.6 Å². The smallest absolute Gasteiger partial charge is 0.330 e. The number of Topliss-reactive ketones (excluding diaryl/α,β-unsaturated/α-hetero) is 1. The predicted molar refractivity (Wildman–Crippen MR) is 178 cm³/mol. The fourth-order valence-electron chi connectivity index (χ4n) is 7.03. The van der Waals surface area contributed by atoms with Gasteiger partial charge in [0.1, 0.15) is 41.9 Å². The Labute approximate surface area is 290 Å². The van der Waals surface area contributed by atoms with E-state index in [1.807, 2.05) is 32.9 Å². The van der Waals surface area contributed by atoms with Gasteiger partial charge in [-0.15, -0.1) is 0 Å². The van der Waals surface area contributed by atoms with E-state index in [0.717, 1.165) is 0 Å². The second-order valence-electron chi connectivity index (χ2n) is 14.2. The molecule has 13 nitrogen and oxygen atoms in total. The van der Waals surface area contributed by atoms with Crippen LogP contribution in [0.3, 0.4) is 0 Å². The van der Waals surface area contributed by atoms with Crippen molar-refractivity contribution in [2.75, 3.05) is 20.8 Å². The molecule has 3 aliphatic rings. The molecule has 4 N–H and O–H groups in total. The largest absolute Gasteiger partial charge is 0.459 e. The zero-order valence-electron chi connectivity index (χ0n) is 30.5. The minimum atomic E-state index is -1.83. The number of carbonyl (C=O) groups excluding carboxylic acids is 2. The van der Waals surface area contributed by atoms with Crippen LogP contribution < -0.4 is 0 Å². The lowest BCUT2D eigenvalue weighted by Gasteiger charge is -2.47. The number of methoxy groups -OCH3 is 2. The summed E-state index contributed by atoms with van der Waals surface area (Å²) in [4.78, 5) is 26.3. The number of hydrogen-bond donors (Lipinski definition) is 4. The van der Waals surface area contributed by atoms with Crippen molar-refractivity contribution in [3.63, 3.8) is 0 Å². The van der Waals surface area contributed by atoms with Crippen molar-refractivity contribution in [3.05, 3.63) is 24.3 Å². The average Bonchev–Trinajstić information content (AvgIpc) is 3.04. The maximum absolute atomic E-state index is 13.2. The normalized spacial score (nSPS) is 45.3. The molecule has 2 saturated heterocycles. The van der Waals surface area contributed by atoms with E-state index in [2.05, 4.69) is 0 Å². The number of hydrogen-bond acceptors (Lipinski definition) is 13. The fourth-order valence-corrected chi connectivity index (χ4v) is 7.03. The highest BCUT2D eigenvalue weighted by Gasteiger charge is 2.52. The van der Waals surface area contributed by atoms with Crippen LogP contribution in [0.2, 0.25) is 0 Å². The first-order valence-electron chi connectivity index (χ1n) is 17.5. The summed E-state index contributed by atoms with van der Waals surface area (Å²) >= 11 is 0. The molecule has 13 heteroatoms. The summed E-state index contributed by atoms with van der Waals surface area (Å²) in [5.41, 5.74) is -1.83. The maximum Gasteiger partial charge on any atom is 0.330 e. The van der Waals surface area contributed by atoms with Gasteiger partial charge in [0, 0.05) is 50.9 Å². The van der Waals surface area contributed by atoms with Gasteiger partial charge in [0.15, 0.2) is 12.6 Å². The molecular weight excluding hydrogens is 640 g/mol. The third-order valence-electron chi connectivity index (χ3n) is 10.3. The van der Waals surface area contributed by atoms with Crippen LogP contribution in [0.5, 0.6) is 0 Å². The Kier molecular flexibility index (Phi) is 15.8. The first kappa shape index (κ1) is 41.6. The number of rotatable bonds is 8. The van der Waals surface area contributed by atoms with Crippen LogP contribution in [-0.2, 0) is 42.7 Å². The Morgan fingerprint density at radius 2 is 1.61 bits per heavy atom. The van der Waals surface area contributed by atoms with E-state index in [9.17, 15) is 30.0 Å². The molecule has 282 valence electrons. The van der Waals surface area contributed by atoms with Gasteiger partial charge in [-0.1, -0.05) is 39.0 Å². The molecule has 3 rings (SSSR count). The van der Waals surface area contributed by atoms with E-state index >= 15 is 0 Å². The fraction of sp³-hybridized carbons (Fsp3) is 0.833. The zero-order chi connectivity index (χ0) is 36.6. The highest BCUT2D eigenvalue weighted by molar-refractivity contribution is 5.82. The first-order valence-corrected chi connectivity index (χ1v) is 17.5. The van der Waals surface area contributed by atoms with Gasteiger partial charge in [-0.25, -0.2) is 4.79 Å². The van der Waals surface area contributed by atoms with Crippen molar-refractivity contribution in [1.29, 1.82) is 0 Å². The van der Waals surface area contributed by atoms with E-state index in [1.54, 1.807) is 26.8 Å². The van der Waals surface area contributed by atoms with Crippen LogP contribution in [0.1, 0.15) is 74.1 Å². The number of ketones is 1. The van der Waals surface area contributed by atoms with Crippen LogP contribution in [0.25, 0.3) is 0 Å². The number of esters is 1. The minimum absolute atomic E-state index is 0.0218. The summed E-state index contributed by atoms with van der Waals surface area (Å²) < 4.78 is 41.1. The molecule has 0 aliphatic carbocycles. The Morgan fingerprint density at radius 1 is 0.939 bits per heavy atom. The number of aliphatic hydroxyl groups is 4.